The van der Waals surface area contributed by atoms with Crippen molar-refractivity contribution in [3.63, 3.8) is 0 Å². The van der Waals surface area contributed by atoms with Gasteiger partial charge in [-0.25, -0.2) is 4.98 Å². The molecular formula is C25H21N3O3S2. The number of rotatable bonds is 7. The quantitative estimate of drug-likeness (QED) is 0.266. The molecular weight excluding hydrogens is 454 g/mol. The average Bonchev–Trinajstić information content (AvgIpc) is 3.47. The largest absolute Gasteiger partial charge is 0.448 e. The Balaban J connectivity index is 1.42. The molecule has 0 saturated carbocycles. The van der Waals surface area contributed by atoms with E-state index in [9.17, 15) is 9.59 Å². The first-order chi connectivity index (χ1) is 16.1. The molecule has 0 aliphatic rings. The van der Waals surface area contributed by atoms with Crippen molar-refractivity contribution >= 4 is 51.1 Å². The summed E-state index contributed by atoms with van der Waals surface area (Å²) < 4.78 is 7.43. The van der Waals surface area contributed by atoms with Crippen molar-refractivity contribution in [1.82, 2.24) is 14.9 Å². The van der Waals surface area contributed by atoms with Crippen LogP contribution in [0.3, 0.4) is 0 Å². The van der Waals surface area contributed by atoms with Crippen LogP contribution in [0.25, 0.3) is 22.1 Å². The number of hydrogen-bond donors (Lipinski definition) is 1. The molecule has 0 spiro atoms. The number of benzene rings is 2. The Morgan fingerprint density at radius 2 is 1.94 bits per heavy atom. The number of carbonyl (C=O) groups excluding carboxylic acids is 1. The highest BCUT2D eigenvalue weighted by Gasteiger charge is 2.19. The first-order valence-electron chi connectivity index (χ1n) is 10.5. The lowest BCUT2D eigenvalue weighted by Gasteiger charge is -2.11. The SMILES string of the molecule is Cc1ccc(CNC(=O)CSc2nc3c(oc4ccccc43)c(=O)n2Cc2cccs2)cc1. The zero-order valence-corrected chi connectivity index (χ0v) is 19.5. The highest BCUT2D eigenvalue weighted by Crippen LogP contribution is 2.27. The lowest BCUT2D eigenvalue weighted by Crippen LogP contribution is -2.26. The Morgan fingerprint density at radius 1 is 1.12 bits per heavy atom. The van der Waals surface area contributed by atoms with E-state index in [1.54, 1.807) is 15.9 Å². The molecule has 0 fully saturated rings. The van der Waals surface area contributed by atoms with Crippen LogP contribution in [0.1, 0.15) is 16.0 Å². The molecule has 0 aliphatic carbocycles. The standard InChI is InChI=1S/C25H21N3O3S2/c1-16-8-10-17(11-9-16)13-26-21(29)15-33-25-27-22-19-6-2-3-7-20(19)31-23(22)24(30)28(25)14-18-5-4-12-32-18/h2-12H,13-15H2,1H3,(H,26,29). The molecule has 3 aromatic heterocycles. The molecule has 8 heteroatoms. The third-order valence-electron chi connectivity index (χ3n) is 5.28. The maximum absolute atomic E-state index is 13.3. The van der Waals surface area contributed by atoms with Crippen LogP contribution in [0.4, 0.5) is 0 Å². The van der Waals surface area contributed by atoms with Gasteiger partial charge >= 0.3 is 0 Å². The van der Waals surface area contributed by atoms with Gasteiger partial charge in [0, 0.05) is 16.8 Å². The molecule has 5 rings (SSSR count). The fourth-order valence-corrected chi connectivity index (χ4v) is 5.06. The number of thiophene rings is 1. The van der Waals surface area contributed by atoms with Crippen molar-refractivity contribution in [3.05, 3.63) is 92.4 Å². The normalized spacial score (nSPS) is 11.3. The second-order valence-corrected chi connectivity index (χ2v) is 9.67. The molecule has 2 aromatic carbocycles. The number of aromatic nitrogens is 2. The van der Waals surface area contributed by atoms with Crippen LogP contribution in [-0.2, 0) is 17.9 Å². The molecule has 1 N–H and O–H groups in total. The molecule has 1 amide bonds. The number of nitrogens with zero attached hydrogens (tertiary/aromatic N) is 2. The predicted molar refractivity (Wildman–Crippen MR) is 133 cm³/mol. The molecule has 33 heavy (non-hydrogen) atoms. The molecule has 5 aromatic rings. The second-order valence-electron chi connectivity index (χ2n) is 7.69. The van der Waals surface area contributed by atoms with E-state index in [-0.39, 0.29) is 22.8 Å². The van der Waals surface area contributed by atoms with Crippen LogP contribution >= 0.6 is 23.1 Å². The van der Waals surface area contributed by atoms with Crippen LogP contribution in [0.15, 0.2) is 80.4 Å². The molecule has 0 radical (unpaired) electrons. The van der Waals surface area contributed by atoms with E-state index in [1.807, 2.05) is 73.0 Å². The number of furan rings is 1. The number of fused-ring (bicyclic) bond motifs is 3. The third kappa shape index (κ3) is 4.58. The van der Waals surface area contributed by atoms with Gasteiger partial charge in [0.2, 0.25) is 11.5 Å². The first-order valence-corrected chi connectivity index (χ1v) is 12.3. The summed E-state index contributed by atoms with van der Waals surface area (Å²) >= 11 is 2.83. The summed E-state index contributed by atoms with van der Waals surface area (Å²) in [5.74, 6) is 0.0407. The molecule has 0 atom stereocenters. The van der Waals surface area contributed by atoms with Crippen LogP contribution in [-0.4, -0.2) is 21.2 Å². The van der Waals surface area contributed by atoms with Gasteiger partial charge in [0.1, 0.15) is 11.1 Å². The van der Waals surface area contributed by atoms with Crippen LogP contribution in [0.5, 0.6) is 0 Å². The van der Waals surface area contributed by atoms with Gasteiger partial charge in [0.05, 0.1) is 12.3 Å². The number of carbonyl (C=O) groups is 1. The van der Waals surface area contributed by atoms with E-state index in [0.717, 1.165) is 15.8 Å². The van der Waals surface area contributed by atoms with Crippen molar-refractivity contribution in [2.45, 2.75) is 25.2 Å². The minimum atomic E-state index is -0.243. The van der Waals surface area contributed by atoms with E-state index in [0.29, 0.717) is 29.3 Å². The van der Waals surface area contributed by atoms with Crippen molar-refractivity contribution in [2.75, 3.05) is 5.75 Å². The number of nitrogens with one attached hydrogen (secondary N) is 1. The monoisotopic (exact) mass is 475 g/mol. The molecule has 3 heterocycles. The fraction of sp³-hybridized carbons (Fsp3) is 0.160. The van der Waals surface area contributed by atoms with Crippen molar-refractivity contribution in [2.24, 2.45) is 0 Å². The molecule has 6 nitrogen and oxygen atoms in total. The maximum Gasteiger partial charge on any atom is 0.298 e. The Hall–Kier alpha value is -3.36. The van der Waals surface area contributed by atoms with Gasteiger partial charge in [-0.05, 0) is 36.1 Å². The number of amides is 1. The summed E-state index contributed by atoms with van der Waals surface area (Å²) in [6, 6.07) is 19.4. The van der Waals surface area contributed by atoms with Gasteiger partial charge in [0.25, 0.3) is 5.56 Å². The fourth-order valence-electron chi connectivity index (χ4n) is 3.55. The van der Waals surface area contributed by atoms with E-state index in [1.165, 1.54) is 17.3 Å². The molecule has 0 unspecified atom stereocenters. The summed E-state index contributed by atoms with van der Waals surface area (Å²) in [6.45, 7) is 2.87. The van der Waals surface area contributed by atoms with E-state index in [2.05, 4.69) is 5.32 Å². The summed E-state index contributed by atoms with van der Waals surface area (Å²) in [5, 5.41) is 6.20. The third-order valence-corrected chi connectivity index (χ3v) is 7.12. The summed E-state index contributed by atoms with van der Waals surface area (Å²) in [7, 11) is 0. The molecule has 0 bridgehead atoms. The highest BCUT2D eigenvalue weighted by molar-refractivity contribution is 7.99. The smallest absolute Gasteiger partial charge is 0.298 e. The van der Waals surface area contributed by atoms with Gasteiger partial charge < -0.3 is 9.73 Å². The van der Waals surface area contributed by atoms with Crippen LogP contribution < -0.4 is 10.9 Å². The van der Waals surface area contributed by atoms with Crippen molar-refractivity contribution in [1.29, 1.82) is 0 Å². The predicted octanol–water partition coefficient (Wildman–Crippen LogP) is 4.97. The Labute approximate surface area is 198 Å². The number of thioether (sulfide) groups is 1. The van der Waals surface area contributed by atoms with E-state index in [4.69, 9.17) is 9.40 Å². The second kappa shape index (κ2) is 9.25. The molecule has 0 aliphatic heterocycles. The van der Waals surface area contributed by atoms with Crippen molar-refractivity contribution in [3.8, 4) is 0 Å². The lowest BCUT2D eigenvalue weighted by atomic mass is 10.1. The highest BCUT2D eigenvalue weighted by atomic mass is 32.2. The van der Waals surface area contributed by atoms with E-state index >= 15 is 0 Å². The topological polar surface area (TPSA) is 77.1 Å². The number of hydrogen-bond acceptors (Lipinski definition) is 6. The van der Waals surface area contributed by atoms with Gasteiger partial charge in [-0.2, -0.15) is 0 Å². The van der Waals surface area contributed by atoms with Gasteiger partial charge in [0.15, 0.2) is 5.16 Å². The minimum absolute atomic E-state index is 0.116. The lowest BCUT2D eigenvalue weighted by molar-refractivity contribution is -0.118. The zero-order chi connectivity index (χ0) is 22.8. The van der Waals surface area contributed by atoms with E-state index < -0.39 is 0 Å². The summed E-state index contributed by atoms with van der Waals surface area (Å²) in [4.78, 5) is 31.7. The van der Waals surface area contributed by atoms with Crippen LogP contribution in [0.2, 0.25) is 0 Å². The maximum atomic E-state index is 13.3. The summed E-state index contributed by atoms with van der Waals surface area (Å²) in [6.07, 6.45) is 0. The Morgan fingerprint density at radius 3 is 2.73 bits per heavy atom. The van der Waals surface area contributed by atoms with Gasteiger partial charge in [-0.15, -0.1) is 11.3 Å². The molecule has 0 saturated heterocycles. The summed E-state index contributed by atoms with van der Waals surface area (Å²) in [5.41, 5.74) is 3.36. The van der Waals surface area contributed by atoms with Crippen LogP contribution in [0, 0.1) is 6.92 Å². The average molecular weight is 476 g/mol. The Kier molecular flexibility index (Phi) is 6.02. The van der Waals surface area contributed by atoms with Gasteiger partial charge in [-0.1, -0.05) is 59.8 Å². The zero-order valence-electron chi connectivity index (χ0n) is 17.9. The minimum Gasteiger partial charge on any atom is -0.448 e. The van der Waals surface area contributed by atoms with Gasteiger partial charge in [-0.3, -0.25) is 14.2 Å². The Bertz CT molecular complexity index is 1490. The molecule has 166 valence electrons. The first kappa shape index (κ1) is 21.5. The number of aryl methyl sites for hydroxylation is 1. The number of para-hydroxylation sites is 1. The van der Waals surface area contributed by atoms with Crippen molar-refractivity contribution < 1.29 is 9.21 Å².